The van der Waals surface area contributed by atoms with Crippen LogP contribution in [0, 0.1) is 9.49 Å². The van der Waals surface area contributed by atoms with Crippen LogP contribution in [0.5, 0.6) is 5.75 Å². The Hall–Kier alpha value is -1.36. The highest BCUT2D eigenvalue weighted by Gasteiger charge is 2.11. The van der Waals surface area contributed by atoms with Gasteiger partial charge in [-0.3, -0.25) is 4.79 Å². The zero-order valence-corrected chi connectivity index (χ0v) is 15.2. The lowest BCUT2D eigenvalue weighted by Crippen LogP contribution is -2.10. The average Bonchev–Trinajstić information content (AvgIpc) is 2.49. The molecule has 0 aromatic heterocycles. The second-order valence-corrected chi connectivity index (χ2v) is 6.95. The molecule has 1 atom stereocenters. The van der Waals surface area contributed by atoms with Crippen LogP contribution in [0.4, 0.5) is 0 Å². The Bertz CT molecular complexity index is 620. The number of ether oxygens (including phenoxy) is 1. The molecule has 22 heavy (non-hydrogen) atoms. The Kier molecular flexibility index (Phi) is 6.43. The highest BCUT2D eigenvalue weighted by Crippen LogP contribution is 2.18. The number of halogens is 1. The van der Waals surface area contributed by atoms with Gasteiger partial charge in [0.25, 0.3) is 0 Å². The number of carbonyl (C=O) groups excluding carboxylic acids is 1. The summed E-state index contributed by atoms with van der Waals surface area (Å²) < 4.78 is 6.43. The van der Waals surface area contributed by atoms with E-state index < -0.39 is 0 Å². The van der Waals surface area contributed by atoms with E-state index in [-0.39, 0.29) is 0 Å². The number of methoxy groups -OCH3 is 1. The van der Waals surface area contributed by atoms with E-state index in [2.05, 4.69) is 35.6 Å². The number of carbonyl (C=O) groups is 1. The van der Waals surface area contributed by atoms with Crippen LogP contribution in [0.3, 0.4) is 0 Å². The molecule has 0 aliphatic rings. The molecule has 0 fully saturated rings. The number of hydrogen-bond donors (Lipinski definition) is 0. The predicted octanol–water partition coefficient (Wildman–Crippen LogP) is 4.68. The lowest BCUT2D eigenvalue weighted by molar-refractivity contribution is -0.119. The molecule has 2 nitrogen and oxygen atoms in total. The maximum atomic E-state index is 12.2. The van der Waals surface area contributed by atoms with Gasteiger partial charge in [0.2, 0.25) is 0 Å². The molecule has 0 unspecified atom stereocenters. The van der Waals surface area contributed by atoms with E-state index in [0.29, 0.717) is 24.5 Å². The van der Waals surface area contributed by atoms with Crippen LogP contribution >= 0.6 is 22.6 Å². The van der Waals surface area contributed by atoms with Crippen LogP contribution in [0.25, 0.3) is 0 Å². The molecule has 0 spiro atoms. The van der Waals surface area contributed by atoms with E-state index >= 15 is 0 Å². The van der Waals surface area contributed by atoms with Crippen molar-refractivity contribution in [2.24, 2.45) is 5.92 Å². The van der Waals surface area contributed by atoms with Crippen molar-refractivity contribution in [1.82, 2.24) is 0 Å². The summed E-state index contributed by atoms with van der Waals surface area (Å²) in [7, 11) is 1.67. The van der Waals surface area contributed by atoms with Crippen LogP contribution in [-0.2, 0) is 17.6 Å². The zero-order chi connectivity index (χ0) is 15.9. The molecule has 0 amide bonds. The van der Waals surface area contributed by atoms with Crippen LogP contribution < -0.4 is 4.74 Å². The second-order valence-electron chi connectivity index (χ2n) is 5.71. The summed E-state index contributed by atoms with van der Waals surface area (Å²) in [6.07, 6.45) is 2.04. The van der Waals surface area contributed by atoms with E-state index in [1.165, 1.54) is 9.13 Å². The number of benzene rings is 2. The van der Waals surface area contributed by atoms with Gasteiger partial charge in [-0.1, -0.05) is 31.2 Å². The monoisotopic (exact) mass is 408 g/mol. The van der Waals surface area contributed by atoms with Crippen molar-refractivity contribution < 1.29 is 9.53 Å². The smallest absolute Gasteiger partial charge is 0.137 e. The first-order valence-electron chi connectivity index (χ1n) is 7.46. The lowest BCUT2D eigenvalue weighted by atomic mass is 9.94. The first-order chi connectivity index (χ1) is 10.6. The quantitative estimate of drug-likeness (QED) is 0.622. The molecule has 0 radical (unpaired) electrons. The fraction of sp³-hybridized carbons (Fsp3) is 0.316. The maximum Gasteiger partial charge on any atom is 0.137 e. The Morgan fingerprint density at radius 1 is 1.14 bits per heavy atom. The normalized spacial score (nSPS) is 12.0. The van der Waals surface area contributed by atoms with E-state index in [1.54, 1.807) is 7.11 Å². The van der Waals surface area contributed by atoms with Crippen molar-refractivity contribution in [1.29, 1.82) is 0 Å². The summed E-state index contributed by atoms with van der Waals surface area (Å²) in [4.78, 5) is 12.2. The minimum atomic E-state index is 0.302. The van der Waals surface area contributed by atoms with Gasteiger partial charge in [-0.05, 0) is 70.3 Å². The van der Waals surface area contributed by atoms with Gasteiger partial charge in [-0.15, -0.1) is 0 Å². The minimum Gasteiger partial charge on any atom is -0.497 e. The molecule has 116 valence electrons. The van der Waals surface area contributed by atoms with Crippen molar-refractivity contribution in [2.75, 3.05) is 7.11 Å². The van der Waals surface area contributed by atoms with Gasteiger partial charge in [-0.25, -0.2) is 0 Å². The molecular weight excluding hydrogens is 387 g/mol. The summed E-state index contributed by atoms with van der Waals surface area (Å²) >= 11 is 2.27. The van der Waals surface area contributed by atoms with Gasteiger partial charge in [0, 0.05) is 16.4 Å². The first kappa shape index (κ1) is 17.0. The summed E-state index contributed by atoms with van der Waals surface area (Å²) in [5, 5.41) is 0. The number of ketones is 1. The molecule has 0 heterocycles. The molecule has 0 saturated heterocycles. The summed E-state index contributed by atoms with van der Waals surface area (Å²) in [5.74, 6) is 1.51. The average molecular weight is 408 g/mol. The van der Waals surface area contributed by atoms with Gasteiger partial charge < -0.3 is 4.74 Å². The Morgan fingerprint density at radius 2 is 1.86 bits per heavy atom. The number of Topliss-reactive ketones (excluding diaryl/α,β-unsaturated/α-hetero) is 1. The van der Waals surface area contributed by atoms with E-state index in [0.717, 1.165) is 17.7 Å². The lowest BCUT2D eigenvalue weighted by Gasteiger charge is -2.11. The van der Waals surface area contributed by atoms with E-state index in [1.807, 2.05) is 42.5 Å². The van der Waals surface area contributed by atoms with Crippen molar-refractivity contribution in [3.8, 4) is 5.75 Å². The molecule has 0 aliphatic heterocycles. The molecule has 0 aliphatic carbocycles. The van der Waals surface area contributed by atoms with E-state index in [9.17, 15) is 4.79 Å². The van der Waals surface area contributed by atoms with Crippen molar-refractivity contribution in [3.05, 3.63) is 63.2 Å². The molecule has 3 heteroatoms. The molecule has 2 aromatic carbocycles. The van der Waals surface area contributed by atoms with Gasteiger partial charge in [0.1, 0.15) is 11.5 Å². The van der Waals surface area contributed by atoms with Crippen molar-refractivity contribution in [3.63, 3.8) is 0 Å². The molecule has 2 rings (SSSR count). The summed E-state index contributed by atoms with van der Waals surface area (Å²) in [6.45, 7) is 2.13. The van der Waals surface area contributed by atoms with Crippen molar-refractivity contribution in [2.45, 2.75) is 26.2 Å². The summed E-state index contributed by atoms with van der Waals surface area (Å²) in [6, 6.07) is 16.2. The molecule has 0 bridgehead atoms. The number of rotatable bonds is 7. The molecule has 0 saturated carbocycles. The third-order valence-corrected chi connectivity index (χ3v) is 4.33. The van der Waals surface area contributed by atoms with Gasteiger partial charge in [0.15, 0.2) is 0 Å². The Labute approximate surface area is 146 Å². The van der Waals surface area contributed by atoms with Crippen molar-refractivity contribution >= 4 is 28.4 Å². The Morgan fingerprint density at radius 3 is 2.55 bits per heavy atom. The van der Waals surface area contributed by atoms with E-state index in [4.69, 9.17) is 4.74 Å². The molecular formula is C19H21IO2. The van der Waals surface area contributed by atoms with Gasteiger partial charge in [-0.2, -0.15) is 0 Å². The van der Waals surface area contributed by atoms with Crippen LogP contribution in [0.1, 0.15) is 24.5 Å². The van der Waals surface area contributed by atoms with Crippen LogP contribution in [0.15, 0.2) is 48.5 Å². The Balaban J connectivity index is 1.86. The predicted molar refractivity (Wildman–Crippen MR) is 98.3 cm³/mol. The van der Waals surface area contributed by atoms with Crippen LogP contribution in [-0.4, -0.2) is 12.9 Å². The molecule has 0 N–H and O–H groups in total. The van der Waals surface area contributed by atoms with Gasteiger partial charge >= 0.3 is 0 Å². The highest BCUT2D eigenvalue weighted by molar-refractivity contribution is 14.1. The minimum absolute atomic E-state index is 0.302. The standard InChI is InChI=1S/C19H21IO2/c1-14(10-16-4-3-5-19(13-16)22-2)11-18(21)12-15-6-8-17(20)9-7-15/h3-9,13-14H,10-12H2,1-2H3/t14-/m1/s1. The third-order valence-electron chi connectivity index (χ3n) is 3.61. The topological polar surface area (TPSA) is 26.3 Å². The SMILES string of the molecule is COc1cccc(C[C@@H](C)CC(=O)Cc2ccc(I)cc2)c1. The number of hydrogen-bond acceptors (Lipinski definition) is 2. The maximum absolute atomic E-state index is 12.2. The van der Waals surface area contributed by atoms with Gasteiger partial charge in [0.05, 0.1) is 7.11 Å². The molecule has 2 aromatic rings. The van der Waals surface area contributed by atoms with Crippen LogP contribution in [0.2, 0.25) is 0 Å². The highest BCUT2D eigenvalue weighted by atomic mass is 127. The zero-order valence-electron chi connectivity index (χ0n) is 13.0. The second kappa shape index (κ2) is 8.32. The first-order valence-corrected chi connectivity index (χ1v) is 8.54. The largest absolute Gasteiger partial charge is 0.497 e. The fourth-order valence-corrected chi connectivity index (χ4v) is 2.92. The fourth-order valence-electron chi connectivity index (χ4n) is 2.56. The third kappa shape index (κ3) is 5.44. The summed E-state index contributed by atoms with van der Waals surface area (Å²) in [5.41, 5.74) is 2.31.